The maximum atomic E-state index is 12.1. The fourth-order valence-electron chi connectivity index (χ4n) is 1.82. The molecule has 1 aliphatic rings. The van der Waals surface area contributed by atoms with Crippen LogP contribution in [0.3, 0.4) is 0 Å². The van der Waals surface area contributed by atoms with Gasteiger partial charge in [0, 0.05) is 11.9 Å². The number of sulfonamides is 1. The van der Waals surface area contributed by atoms with E-state index in [0.717, 1.165) is 12.8 Å². The second-order valence-electron chi connectivity index (χ2n) is 4.47. The molecule has 0 spiro atoms. The zero-order chi connectivity index (χ0) is 12.6. The van der Waals surface area contributed by atoms with E-state index in [1.807, 2.05) is 0 Å². The molecule has 96 valence electrons. The highest BCUT2D eigenvalue weighted by atomic mass is 35.5. The Bertz CT molecular complexity index is 488. The summed E-state index contributed by atoms with van der Waals surface area (Å²) in [7, 11) is -3.51. The van der Waals surface area contributed by atoms with Crippen molar-refractivity contribution in [3.8, 4) is 0 Å². The molecule has 1 atom stereocenters. The molecule has 17 heavy (non-hydrogen) atoms. The Kier molecular flexibility index (Phi) is 3.47. The van der Waals surface area contributed by atoms with Crippen molar-refractivity contribution in [3.05, 3.63) is 11.4 Å². The van der Waals surface area contributed by atoms with Crippen molar-refractivity contribution in [1.29, 1.82) is 0 Å². The van der Waals surface area contributed by atoms with Gasteiger partial charge in [-0.2, -0.15) is 5.10 Å². The van der Waals surface area contributed by atoms with Gasteiger partial charge in [0.25, 0.3) is 0 Å². The summed E-state index contributed by atoms with van der Waals surface area (Å²) in [5.74, 6) is 0.464. The molecule has 0 aliphatic heterocycles. The molecule has 0 radical (unpaired) electrons. The third-order valence-electron chi connectivity index (χ3n) is 2.93. The third kappa shape index (κ3) is 2.81. The highest BCUT2D eigenvalue weighted by molar-refractivity contribution is 7.89. The Balaban J connectivity index is 2.08. The lowest BCUT2D eigenvalue weighted by Gasteiger charge is -2.10. The first-order chi connectivity index (χ1) is 7.92. The van der Waals surface area contributed by atoms with E-state index in [1.54, 1.807) is 13.8 Å². The first-order valence-corrected chi connectivity index (χ1v) is 7.49. The lowest BCUT2D eigenvalue weighted by atomic mass is 10.3. The first-order valence-electron chi connectivity index (χ1n) is 5.57. The highest BCUT2D eigenvalue weighted by Crippen LogP contribution is 2.35. The summed E-state index contributed by atoms with van der Waals surface area (Å²) < 4.78 is 26.6. The maximum absolute atomic E-state index is 12.1. The van der Waals surface area contributed by atoms with Crippen LogP contribution in [0.5, 0.6) is 0 Å². The van der Waals surface area contributed by atoms with Gasteiger partial charge in [-0.3, -0.25) is 5.10 Å². The van der Waals surface area contributed by atoms with Gasteiger partial charge in [-0.05, 0) is 32.6 Å². The maximum Gasteiger partial charge on any atom is 0.244 e. The Labute approximate surface area is 106 Å². The number of hydrogen-bond acceptors (Lipinski definition) is 3. The van der Waals surface area contributed by atoms with Gasteiger partial charge in [0.15, 0.2) is 0 Å². The van der Waals surface area contributed by atoms with Crippen molar-refractivity contribution in [2.24, 2.45) is 5.92 Å². The van der Waals surface area contributed by atoms with Crippen LogP contribution >= 0.6 is 11.6 Å². The van der Waals surface area contributed by atoms with Gasteiger partial charge >= 0.3 is 0 Å². The van der Waals surface area contributed by atoms with Crippen molar-refractivity contribution >= 4 is 21.6 Å². The van der Waals surface area contributed by atoms with Crippen LogP contribution in [0.15, 0.2) is 4.90 Å². The van der Waals surface area contributed by atoms with E-state index >= 15 is 0 Å². The monoisotopic (exact) mass is 277 g/mol. The summed E-state index contributed by atoms with van der Waals surface area (Å²) in [6.45, 7) is 3.63. The summed E-state index contributed by atoms with van der Waals surface area (Å²) in [6, 6.07) is 0. The first kappa shape index (κ1) is 12.9. The Hall–Kier alpha value is -0.590. The third-order valence-corrected chi connectivity index (χ3v) is 5.13. The van der Waals surface area contributed by atoms with Crippen molar-refractivity contribution < 1.29 is 8.42 Å². The van der Waals surface area contributed by atoms with Gasteiger partial charge in [0.05, 0.1) is 11.4 Å². The number of aromatic nitrogens is 2. The van der Waals surface area contributed by atoms with E-state index < -0.39 is 10.0 Å². The van der Waals surface area contributed by atoms with Crippen LogP contribution in [0, 0.1) is 19.8 Å². The average Bonchev–Trinajstić information content (AvgIpc) is 3.02. The molecule has 1 aliphatic carbocycles. The number of rotatable bonds is 5. The van der Waals surface area contributed by atoms with Crippen LogP contribution in [-0.4, -0.2) is 30.5 Å². The zero-order valence-corrected chi connectivity index (χ0v) is 11.4. The number of H-pyrrole nitrogens is 1. The van der Waals surface area contributed by atoms with Crippen molar-refractivity contribution in [3.63, 3.8) is 0 Å². The number of halogens is 1. The topological polar surface area (TPSA) is 74.8 Å². The summed E-state index contributed by atoms with van der Waals surface area (Å²) in [4.78, 5) is 0.233. The average molecular weight is 278 g/mol. The number of hydrogen-bond donors (Lipinski definition) is 2. The summed E-state index contributed by atoms with van der Waals surface area (Å²) in [6.07, 6.45) is 2.19. The molecule has 1 aromatic heterocycles. The molecule has 0 bridgehead atoms. The highest BCUT2D eigenvalue weighted by Gasteiger charge is 2.31. The summed E-state index contributed by atoms with van der Waals surface area (Å²) >= 11 is 6.07. The van der Waals surface area contributed by atoms with Gasteiger partial charge in [-0.15, -0.1) is 11.6 Å². The van der Waals surface area contributed by atoms with Crippen LogP contribution in [-0.2, 0) is 10.0 Å². The van der Waals surface area contributed by atoms with Crippen LogP contribution < -0.4 is 4.72 Å². The molecule has 5 nitrogen and oxygen atoms in total. The van der Waals surface area contributed by atoms with E-state index in [-0.39, 0.29) is 16.8 Å². The lowest BCUT2D eigenvalue weighted by molar-refractivity contribution is 0.575. The van der Waals surface area contributed by atoms with E-state index in [2.05, 4.69) is 14.9 Å². The van der Waals surface area contributed by atoms with Crippen LogP contribution in [0.4, 0.5) is 0 Å². The molecule has 0 saturated heterocycles. The molecule has 1 saturated carbocycles. The number of alkyl halides is 1. The molecule has 0 amide bonds. The summed E-state index contributed by atoms with van der Waals surface area (Å²) in [5, 5.41) is 6.43. The molecule has 1 unspecified atom stereocenters. The SMILES string of the molecule is Cc1n[nH]c(C)c1S(=O)(=O)NCC(Cl)C1CC1. The molecule has 1 fully saturated rings. The zero-order valence-electron chi connectivity index (χ0n) is 9.83. The molecule has 2 N–H and O–H groups in total. The molecule has 1 aromatic rings. The number of nitrogens with zero attached hydrogens (tertiary/aromatic N) is 1. The molecule has 2 rings (SSSR count). The number of nitrogens with one attached hydrogen (secondary N) is 2. The van der Waals surface area contributed by atoms with E-state index in [1.165, 1.54) is 0 Å². The minimum Gasteiger partial charge on any atom is -0.281 e. The molecule has 7 heteroatoms. The fraction of sp³-hybridized carbons (Fsp3) is 0.700. The molecular weight excluding hydrogens is 262 g/mol. The fourth-order valence-corrected chi connectivity index (χ4v) is 3.67. The van der Waals surface area contributed by atoms with Gasteiger partial charge < -0.3 is 0 Å². The van der Waals surface area contributed by atoms with Crippen molar-refractivity contribution in [2.75, 3.05) is 6.54 Å². The minimum absolute atomic E-state index is 0.114. The summed E-state index contributed by atoms with van der Waals surface area (Å²) in [5.41, 5.74) is 1.03. The van der Waals surface area contributed by atoms with Crippen LogP contribution in [0.25, 0.3) is 0 Å². The number of aromatic amines is 1. The van der Waals surface area contributed by atoms with Gasteiger partial charge in [-0.25, -0.2) is 13.1 Å². The van der Waals surface area contributed by atoms with E-state index in [9.17, 15) is 8.42 Å². The van der Waals surface area contributed by atoms with Crippen LogP contribution in [0.2, 0.25) is 0 Å². The predicted octanol–water partition coefficient (Wildman–Crippen LogP) is 1.32. The Morgan fingerprint density at radius 3 is 2.65 bits per heavy atom. The standard InChI is InChI=1S/C10H16ClN3O2S/c1-6-10(7(2)14-13-6)17(15,16)12-5-9(11)8-3-4-8/h8-9,12H,3-5H2,1-2H3,(H,13,14). The van der Waals surface area contributed by atoms with Crippen molar-refractivity contribution in [2.45, 2.75) is 37.0 Å². The van der Waals surface area contributed by atoms with Gasteiger partial charge in [0.2, 0.25) is 10.0 Å². The smallest absolute Gasteiger partial charge is 0.244 e. The van der Waals surface area contributed by atoms with Crippen LogP contribution in [0.1, 0.15) is 24.2 Å². The van der Waals surface area contributed by atoms with E-state index in [4.69, 9.17) is 11.6 Å². The normalized spacial score (nSPS) is 18.3. The van der Waals surface area contributed by atoms with Gasteiger partial charge in [-0.1, -0.05) is 0 Å². The van der Waals surface area contributed by atoms with Crippen molar-refractivity contribution in [1.82, 2.24) is 14.9 Å². The Morgan fingerprint density at radius 1 is 1.53 bits per heavy atom. The predicted molar refractivity (Wildman–Crippen MR) is 65.6 cm³/mol. The van der Waals surface area contributed by atoms with Gasteiger partial charge in [0.1, 0.15) is 4.90 Å². The molecular formula is C10H16ClN3O2S. The van der Waals surface area contributed by atoms with E-state index in [0.29, 0.717) is 17.3 Å². The minimum atomic E-state index is -3.51. The number of aryl methyl sites for hydroxylation is 2. The lowest BCUT2D eigenvalue weighted by Crippen LogP contribution is -2.31. The second-order valence-corrected chi connectivity index (χ2v) is 6.73. The molecule has 0 aromatic carbocycles. The Morgan fingerprint density at radius 2 is 2.18 bits per heavy atom. The second kappa shape index (κ2) is 4.59. The quantitative estimate of drug-likeness (QED) is 0.797. The largest absolute Gasteiger partial charge is 0.281 e. The molecule has 1 heterocycles.